The van der Waals surface area contributed by atoms with Crippen LogP contribution in [0.1, 0.15) is 36.8 Å². The lowest BCUT2D eigenvalue weighted by molar-refractivity contribution is 0.249. The van der Waals surface area contributed by atoms with Gasteiger partial charge < -0.3 is 21.1 Å². The number of rotatable bonds is 8. The van der Waals surface area contributed by atoms with Crippen LogP contribution in [-0.4, -0.2) is 39.8 Å². The van der Waals surface area contributed by atoms with Crippen molar-refractivity contribution in [1.82, 2.24) is 14.9 Å². The summed E-state index contributed by atoms with van der Waals surface area (Å²) in [4.78, 5) is 11.2. The van der Waals surface area contributed by atoms with Crippen molar-refractivity contribution in [3.63, 3.8) is 0 Å². The summed E-state index contributed by atoms with van der Waals surface area (Å²) < 4.78 is 0. The van der Waals surface area contributed by atoms with Crippen LogP contribution >= 0.6 is 0 Å². The van der Waals surface area contributed by atoms with Gasteiger partial charge in [0.2, 0.25) is 0 Å². The highest BCUT2D eigenvalue weighted by Crippen LogP contribution is 2.46. The summed E-state index contributed by atoms with van der Waals surface area (Å²) in [5.41, 5.74) is 9.44. The Labute approximate surface area is 154 Å². The number of aromatic nitrogens is 2. The third kappa shape index (κ3) is 3.96. The van der Waals surface area contributed by atoms with Gasteiger partial charge in [-0.15, -0.1) is 0 Å². The van der Waals surface area contributed by atoms with E-state index in [1.807, 2.05) is 42.2 Å². The van der Waals surface area contributed by atoms with Crippen LogP contribution in [0.5, 0.6) is 0 Å². The summed E-state index contributed by atoms with van der Waals surface area (Å²) in [6.07, 6.45) is 2.27. The van der Waals surface area contributed by atoms with Crippen LogP contribution in [0.15, 0.2) is 36.9 Å². The van der Waals surface area contributed by atoms with Crippen molar-refractivity contribution in [2.24, 2.45) is 0 Å². The molecule has 0 aliphatic heterocycles. The van der Waals surface area contributed by atoms with E-state index in [0.29, 0.717) is 18.9 Å². The van der Waals surface area contributed by atoms with E-state index in [9.17, 15) is 5.11 Å². The zero-order valence-corrected chi connectivity index (χ0v) is 15.5. The fourth-order valence-corrected chi connectivity index (χ4v) is 2.88. The molecule has 1 fully saturated rings. The van der Waals surface area contributed by atoms with E-state index >= 15 is 0 Å². The molecule has 1 saturated carbocycles. The molecule has 4 N–H and O–H groups in total. The molecule has 1 aliphatic rings. The maximum atomic E-state index is 9.43. The number of anilines is 2. The van der Waals surface area contributed by atoms with Gasteiger partial charge >= 0.3 is 0 Å². The fraction of sp³-hybridized carbons (Fsp3) is 0.400. The highest BCUT2D eigenvalue weighted by atomic mass is 16.3. The second-order valence-electron chi connectivity index (χ2n) is 7.13. The number of aliphatic hydroxyl groups excluding tert-OH is 1. The van der Waals surface area contributed by atoms with Crippen molar-refractivity contribution in [1.29, 1.82) is 0 Å². The molecule has 138 valence electrons. The monoisotopic (exact) mass is 353 g/mol. The molecule has 0 saturated heterocycles. The largest absolute Gasteiger partial charge is 0.398 e. The zero-order chi connectivity index (χ0) is 18.7. The Morgan fingerprint density at radius 2 is 2.08 bits per heavy atom. The predicted octanol–water partition coefficient (Wildman–Crippen LogP) is 2.75. The van der Waals surface area contributed by atoms with Crippen molar-refractivity contribution in [3.05, 3.63) is 54.0 Å². The highest BCUT2D eigenvalue weighted by molar-refractivity contribution is 5.72. The summed E-state index contributed by atoms with van der Waals surface area (Å²) in [6, 6.07) is 9.54. The van der Waals surface area contributed by atoms with Crippen molar-refractivity contribution < 1.29 is 5.11 Å². The number of nitrogens with one attached hydrogen (secondary N) is 1. The minimum atomic E-state index is 0.0273. The van der Waals surface area contributed by atoms with E-state index in [4.69, 9.17) is 5.73 Å². The van der Waals surface area contributed by atoms with Crippen molar-refractivity contribution in [2.75, 3.05) is 30.9 Å². The van der Waals surface area contributed by atoms with Gasteiger partial charge in [0, 0.05) is 40.7 Å². The van der Waals surface area contributed by atoms with Crippen LogP contribution < -0.4 is 11.1 Å². The van der Waals surface area contributed by atoms with Crippen LogP contribution in [0, 0.1) is 6.92 Å². The number of aryl methyl sites for hydroxylation is 1. The molecular formula is C20H27N5O. The molecule has 6 heteroatoms. The standard InChI is InChI=1S/C20H27N5O/c1-14-12-18(24-19(23-14)20(3)8-9-20)22-13-25(10-11-26)15(2)16-6-4-5-7-17(16)21/h4-7,12,26H,2,8-11,13,21H2,1,3H3,(H,22,23,24). The first-order valence-electron chi connectivity index (χ1n) is 8.92. The molecule has 0 spiro atoms. The number of para-hydroxylation sites is 1. The van der Waals surface area contributed by atoms with Gasteiger partial charge in [-0.2, -0.15) is 0 Å². The third-order valence-electron chi connectivity index (χ3n) is 4.87. The summed E-state index contributed by atoms with van der Waals surface area (Å²) >= 11 is 0. The minimum absolute atomic E-state index is 0.0273. The van der Waals surface area contributed by atoms with Crippen molar-refractivity contribution >= 4 is 17.2 Å². The molecule has 2 aromatic rings. The first-order chi connectivity index (χ1) is 12.4. The summed E-state index contributed by atoms with van der Waals surface area (Å²) in [7, 11) is 0. The minimum Gasteiger partial charge on any atom is -0.398 e. The van der Waals surface area contributed by atoms with E-state index in [1.165, 1.54) is 0 Å². The number of nitrogens with zero attached hydrogens (tertiary/aromatic N) is 3. The average molecular weight is 353 g/mol. The van der Waals surface area contributed by atoms with E-state index < -0.39 is 0 Å². The third-order valence-corrected chi connectivity index (χ3v) is 4.87. The van der Waals surface area contributed by atoms with E-state index in [1.54, 1.807) is 0 Å². The lowest BCUT2D eigenvalue weighted by Gasteiger charge is -2.27. The van der Waals surface area contributed by atoms with Gasteiger partial charge in [0.05, 0.1) is 13.3 Å². The molecule has 3 rings (SSSR count). The van der Waals surface area contributed by atoms with Gasteiger partial charge in [0.15, 0.2) is 0 Å². The lowest BCUT2D eigenvalue weighted by Crippen LogP contribution is -2.31. The number of nitrogen functional groups attached to an aromatic ring is 1. The number of hydrogen-bond acceptors (Lipinski definition) is 6. The Kier molecular flexibility index (Phi) is 5.13. The summed E-state index contributed by atoms with van der Waals surface area (Å²) in [5.74, 6) is 1.69. The zero-order valence-electron chi connectivity index (χ0n) is 15.5. The first-order valence-corrected chi connectivity index (χ1v) is 8.92. The number of nitrogens with two attached hydrogens (primary N) is 1. The summed E-state index contributed by atoms with van der Waals surface area (Å²) in [6.45, 7) is 9.30. The van der Waals surface area contributed by atoms with E-state index in [-0.39, 0.29) is 12.0 Å². The molecule has 0 radical (unpaired) electrons. The summed E-state index contributed by atoms with van der Waals surface area (Å²) in [5, 5.41) is 12.8. The first kappa shape index (κ1) is 18.2. The van der Waals surface area contributed by atoms with Crippen molar-refractivity contribution in [3.8, 4) is 0 Å². The van der Waals surface area contributed by atoms with Gasteiger partial charge in [-0.3, -0.25) is 0 Å². The Bertz CT molecular complexity index is 801. The Hall–Kier alpha value is -2.60. The fourth-order valence-electron chi connectivity index (χ4n) is 2.88. The van der Waals surface area contributed by atoms with Crippen LogP contribution in [0.2, 0.25) is 0 Å². The molecule has 1 heterocycles. The van der Waals surface area contributed by atoms with E-state index in [2.05, 4.69) is 28.8 Å². The van der Waals surface area contributed by atoms with Crippen LogP contribution in [0.3, 0.4) is 0 Å². The number of aliphatic hydroxyl groups is 1. The molecule has 1 aromatic heterocycles. The van der Waals surface area contributed by atoms with Crippen molar-refractivity contribution in [2.45, 2.75) is 32.1 Å². The maximum absolute atomic E-state index is 9.43. The van der Waals surface area contributed by atoms with E-state index in [0.717, 1.165) is 41.4 Å². The molecule has 1 aromatic carbocycles. The normalized spacial score (nSPS) is 14.7. The number of benzene rings is 1. The molecule has 0 amide bonds. The Morgan fingerprint density at radius 1 is 1.35 bits per heavy atom. The van der Waals surface area contributed by atoms with Crippen LogP contribution in [-0.2, 0) is 5.41 Å². The smallest absolute Gasteiger partial charge is 0.136 e. The molecule has 0 bridgehead atoms. The Morgan fingerprint density at radius 3 is 2.73 bits per heavy atom. The molecular weight excluding hydrogens is 326 g/mol. The number of hydrogen-bond donors (Lipinski definition) is 3. The van der Waals surface area contributed by atoms with Gasteiger partial charge in [0.25, 0.3) is 0 Å². The average Bonchev–Trinajstić information content (AvgIpc) is 3.37. The highest BCUT2D eigenvalue weighted by Gasteiger charge is 2.42. The molecule has 26 heavy (non-hydrogen) atoms. The molecule has 0 atom stereocenters. The second-order valence-corrected chi connectivity index (χ2v) is 7.13. The quantitative estimate of drug-likeness (QED) is 0.500. The van der Waals surface area contributed by atoms with Gasteiger partial charge in [-0.25, -0.2) is 9.97 Å². The van der Waals surface area contributed by atoms with Crippen LogP contribution in [0.25, 0.3) is 5.70 Å². The predicted molar refractivity (Wildman–Crippen MR) is 106 cm³/mol. The molecule has 6 nitrogen and oxygen atoms in total. The topological polar surface area (TPSA) is 87.3 Å². The molecule has 0 unspecified atom stereocenters. The molecule has 1 aliphatic carbocycles. The van der Waals surface area contributed by atoms with Gasteiger partial charge in [-0.1, -0.05) is 31.7 Å². The lowest BCUT2D eigenvalue weighted by atomic mass is 10.1. The SMILES string of the molecule is C=C(c1ccccc1N)N(CCO)CNc1cc(C)nc(C2(C)CC2)n1. The van der Waals surface area contributed by atoms with Gasteiger partial charge in [-0.05, 0) is 25.8 Å². The Balaban J connectivity index is 1.74. The second kappa shape index (κ2) is 7.33. The van der Waals surface area contributed by atoms with Crippen LogP contribution in [0.4, 0.5) is 11.5 Å². The van der Waals surface area contributed by atoms with Gasteiger partial charge in [0.1, 0.15) is 11.6 Å². The maximum Gasteiger partial charge on any atom is 0.136 e.